The SMILES string of the molecule is C[C@H](O)[C@H]1O[C@@H](n2ncc(=O)[nH]c2=O)[C@@](N)(C#CCl)C1O. The molecule has 1 unspecified atom stereocenters. The Morgan fingerprint density at radius 2 is 2.33 bits per heavy atom. The topological polar surface area (TPSA) is 143 Å². The van der Waals surface area contributed by atoms with Gasteiger partial charge in [-0.3, -0.25) is 9.78 Å². The summed E-state index contributed by atoms with van der Waals surface area (Å²) in [6, 6.07) is 0. The van der Waals surface area contributed by atoms with Crippen LogP contribution in [-0.4, -0.2) is 48.8 Å². The molecule has 0 saturated carbocycles. The van der Waals surface area contributed by atoms with Crippen molar-refractivity contribution < 1.29 is 14.9 Å². The number of halogens is 1. The molecule has 5 N–H and O–H groups in total. The van der Waals surface area contributed by atoms with Crippen LogP contribution in [0, 0.1) is 11.3 Å². The van der Waals surface area contributed by atoms with E-state index in [0.29, 0.717) is 0 Å². The van der Waals surface area contributed by atoms with Crippen LogP contribution in [0.5, 0.6) is 0 Å². The number of nitrogens with zero attached hydrogens (tertiary/aromatic N) is 2. The van der Waals surface area contributed by atoms with Crippen LogP contribution in [0.3, 0.4) is 0 Å². The summed E-state index contributed by atoms with van der Waals surface area (Å²) >= 11 is 5.35. The Morgan fingerprint density at radius 1 is 1.67 bits per heavy atom. The fourth-order valence-electron chi connectivity index (χ4n) is 2.14. The minimum Gasteiger partial charge on any atom is -0.391 e. The molecular weight excluding hydrogens is 304 g/mol. The summed E-state index contributed by atoms with van der Waals surface area (Å²) in [6.07, 6.45) is -4.08. The van der Waals surface area contributed by atoms with E-state index >= 15 is 0 Å². The molecule has 1 aliphatic heterocycles. The first-order valence-electron chi connectivity index (χ1n) is 5.92. The van der Waals surface area contributed by atoms with Gasteiger partial charge in [-0.25, -0.2) is 4.79 Å². The molecule has 1 saturated heterocycles. The fourth-order valence-corrected chi connectivity index (χ4v) is 2.30. The maximum atomic E-state index is 11.8. The zero-order valence-corrected chi connectivity index (χ0v) is 11.6. The van der Waals surface area contributed by atoms with Crippen molar-refractivity contribution in [2.45, 2.75) is 37.0 Å². The second kappa shape index (κ2) is 5.59. The van der Waals surface area contributed by atoms with Crippen molar-refractivity contribution in [1.82, 2.24) is 14.8 Å². The third-order valence-electron chi connectivity index (χ3n) is 3.19. The van der Waals surface area contributed by atoms with Gasteiger partial charge in [-0.1, -0.05) is 5.92 Å². The molecule has 21 heavy (non-hydrogen) atoms. The number of ether oxygens (including phenoxy) is 1. The summed E-state index contributed by atoms with van der Waals surface area (Å²) in [6.45, 7) is 1.38. The van der Waals surface area contributed by atoms with Gasteiger partial charge in [0, 0.05) is 5.38 Å². The number of aliphatic hydroxyl groups is 2. The van der Waals surface area contributed by atoms with Crippen molar-refractivity contribution in [2.75, 3.05) is 0 Å². The Labute approximate surface area is 123 Å². The molecule has 9 nitrogen and oxygen atoms in total. The van der Waals surface area contributed by atoms with Crippen molar-refractivity contribution in [3.8, 4) is 11.3 Å². The Kier molecular flexibility index (Phi) is 4.18. The van der Waals surface area contributed by atoms with Crippen LogP contribution < -0.4 is 17.0 Å². The van der Waals surface area contributed by atoms with E-state index in [9.17, 15) is 19.8 Å². The highest BCUT2D eigenvalue weighted by Crippen LogP contribution is 2.36. The number of aromatic nitrogens is 3. The zero-order chi connectivity index (χ0) is 15.8. The van der Waals surface area contributed by atoms with Crippen LogP contribution in [0.1, 0.15) is 13.2 Å². The highest BCUT2D eigenvalue weighted by atomic mass is 35.5. The Balaban J connectivity index is 2.56. The second-order valence-corrected chi connectivity index (χ2v) is 4.86. The molecule has 0 radical (unpaired) electrons. The van der Waals surface area contributed by atoms with E-state index in [1.165, 1.54) is 6.92 Å². The van der Waals surface area contributed by atoms with Crippen LogP contribution in [0.15, 0.2) is 15.8 Å². The number of rotatable bonds is 2. The first-order valence-corrected chi connectivity index (χ1v) is 6.30. The molecule has 10 heteroatoms. The van der Waals surface area contributed by atoms with E-state index in [0.717, 1.165) is 10.9 Å². The number of H-pyrrole nitrogens is 1. The van der Waals surface area contributed by atoms with E-state index in [2.05, 4.69) is 11.0 Å². The van der Waals surface area contributed by atoms with Gasteiger partial charge < -0.3 is 20.7 Å². The molecule has 114 valence electrons. The van der Waals surface area contributed by atoms with Gasteiger partial charge >= 0.3 is 5.69 Å². The molecule has 1 aromatic heterocycles. The Hall–Kier alpha value is -1.70. The molecule has 1 aliphatic rings. The van der Waals surface area contributed by atoms with Gasteiger partial charge in [0.15, 0.2) is 11.8 Å². The van der Waals surface area contributed by atoms with Crippen molar-refractivity contribution in [3.05, 3.63) is 27.0 Å². The monoisotopic (exact) mass is 316 g/mol. The van der Waals surface area contributed by atoms with Crippen LogP contribution in [-0.2, 0) is 4.74 Å². The maximum absolute atomic E-state index is 11.8. The second-order valence-electron chi connectivity index (χ2n) is 4.67. The van der Waals surface area contributed by atoms with Crippen molar-refractivity contribution in [3.63, 3.8) is 0 Å². The van der Waals surface area contributed by atoms with E-state index < -0.39 is 41.3 Å². The highest BCUT2D eigenvalue weighted by molar-refractivity contribution is 6.30. The van der Waals surface area contributed by atoms with E-state index in [-0.39, 0.29) is 0 Å². The quantitative estimate of drug-likeness (QED) is 0.440. The van der Waals surface area contributed by atoms with Crippen molar-refractivity contribution >= 4 is 11.6 Å². The smallest absolute Gasteiger partial charge is 0.347 e. The zero-order valence-electron chi connectivity index (χ0n) is 10.9. The summed E-state index contributed by atoms with van der Waals surface area (Å²) in [7, 11) is 0. The van der Waals surface area contributed by atoms with E-state index in [1.807, 2.05) is 10.4 Å². The summed E-state index contributed by atoms with van der Waals surface area (Å²) in [5.74, 6) is 2.36. The number of hydrogen-bond acceptors (Lipinski definition) is 7. The average molecular weight is 317 g/mol. The number of nitrogens with two attached hydrogens (primary N) is 1. The van der Waals surface area contributed by atoms with Crippen molar-refractivity contribution in [1.29, 1.82) is 0 Å². The largest absolute Gasteiger partial charge is 0.391 e. The van der Waals surface area contributed by atoms with Crippen LogP contribution >= 0.6 is 11.6 Å². The van der Waals surface area contributed by atoms with Crippen molar-refractivity contribution in [2.24, 2.45) is 5.73 Å². The van der Waals surface area contributed by atoms with Gasteiger partial charge in [-0.15, -0.1) is 0 Å². The number of hydrogen-bond donors (Lipinski definition) is 4. The lowest BCUT2D eigenvalue weighted by atomic mass is 9.90. The first kappa shape index (κ1) is 15.7. The minimum absolute atomic E-state index is 0.701. The molecule has 0 spiro atoms. The molecule has 0 amide bonds. The third-order valence-corrected chi connectivity index (χ3v) is 3.29. The predicted molar refractivity (Wildman–Crippen MR) is 71.3 cm³/mol. The fraction of sp³-hybridized carbons (Fsp3) is 0.545. The molecule has 1 aromatic rings. The summed E-state index contributed by atoms with van der Waals surface area (Å²) < 4.78 is 6.13. The molecule has 0 bridgehead atoms. The van der Waals surface area contributed by atoms with Gasteiger partial charge in [0.05, 0.1) is 6.10 Å². The molecular formula is C11H13ClN4O5. The molecule has 2 heterocycles. The van der Waals surface area contributed by atoms with Gasteiger partial charge in [-0.05, 0) is 18.5 Å². The van der Waals surface area contributed by atoms with Crippen LogP contribution in [0.2, 0.25) is 0 Å². The van der Waals surface area contributed by atoms with Gasteiger partial charge in [0.25, 0.3) is 5.56 Å². The number of aliphatic hydroxyl groups excluding tert-OH is 2. The highest BCUT2D eigenvalue weighted by Gasteiger charge is 2.56. The molecule has 0 aromatic carbocycles. The average Bonchev–Trinajstić information content (AvgIpc) is 2.64. The normalized spacial score (nSPS) is 33.3. The van der Waals surface area contributed by atoms with Crippen LogP contribution in [0.4, 0.5) is 0 Å². The lowest BCUT2D eigenvalue weighted by Crippen LogP contribution is -2.56. The Bertz CT molecular complexity index is 705. The lowest BCUT2D eigenvalue weighted by molar-refractivity contribution is -0.0817. The lowest BCUT2D eigenvalue weighted by Gasteiger charge is -2.26. The molecule has 1 fully saturated rings. The van der Waals surface area contributed by atoms with E-state index in [1.54, 1.807) is 0 Å². The van der Waals surface area contributed by atoms with Gasteiger partial charge in [0.2, 0.25) is 0 Å². The summed E-state index contributed by atoms with van der Waals surface area (Å²) in [4.78, 5) is 24.8. The summed E-state index contributed by atoms with van der Waals surface area (Å²) in [5, 5.41) is 25.5. The molecule has 5 atom stereocenters. The summed E-state index contributed by atoms with van der Waals surface area (Å²) in [5.41, 5.74) is 2.62. The van der Waals surface area contributed by atoms with Gasteiger partial charge in [0.1, 0.15) is 18.4 Å². The predicted octanol–water partition coefficient (Wildman–Crippen LogP) is -2.53. The van der Waals surface area contributed by atoms with Crippen LogP contribution in [0.25, 0.3) is 0 Å². The Morgan fingerprint density at radius 3 is 2.86 bits per heavy atom. The van der Waals surface area contributed by atoms with Gasteiger partial charge in [-0.2, -0.15) is 9.78 Å². The van der Waals surface area contributed by atoms with E-state index in [4.69, 9.17) is 22.1 Å². The molecule has 0 aliphatic carbocycles. The molecule has 2 rings (SSSR count). The number of aromatic amines is 1. The maximum Gasteiger partial charge on any atom is 0.347 e. The third kappa shape index (κ3) is 2.59. The first-order chi connectivity index (χ1) is 9.81. The standard InChI is InChI=1S/C11H13ClN4O5/c1-5(17)7-8(19)11(13,2-3-12)9(21-7)16-10(20)15-6(18)4-14-16/h4-5,7-9,17,19H,13H2,1H3,(H,15,18,20)/t5-,7+,8?,9+,11+/m0/s1. The minimum atomic E-state index is -1.78. The number of nitrogens with one attached hydrogen (secondary N) is 1.